The fourth-order valence-electron chi connectivity index (χ4n) is 1.57. The van der Waals surface area contributed by atoms with E-state index in [9.17, 15) is 4.79 Å². The molecule has 0 unspecified atom stereocenters. The fourth-order valence-corrected chi connectivity index (χ4v) is 3.31. The first-order valence-corrected chi connectivity index (χ1v) is 7.63. The summed E-state index contributed by atoms with van der Waals surface area (Å²) in [6.45, 7) is 0. The van der Waals surface area contributed by atoms with E-state index in [1.807, 2.05) is 0 Å². The molecule has 19 heavy (non-hydrogen) atoms. The lowest BCUT2D eigenvalue weighted by Gasteiger charge is -2.09. The number of rotatable bonds is 2. The summed E-state index contributed by atoms with van der Waals surface area (Å²) >= 11 is 25.9. The van der Waals surface area contributed by atoms with Crippen molar-refractivity contribution in [3.8, 4) is 0 Å². The van der Waals surface area contributed by atoms with Gasteiger partial charge in [-0.2, -0.15) is 0 Å². The minimum atomic E-state index is -0.279. The van der Waals surface area contributed by atoms with Crippen LogP contribution in [0.25, 0.3) is 0 Å². The number of carbonyl (C=O) groups is 1. The van der Waals surface area contributed by atoms with Gasteiger partial charge in [0.1, 0.15) is 0 Å². The molecular formula is C13H5Cl4IO. The SMILES string of the molecule is O=C(c1cc(Cl)ccc1I)c1c(Cl)cc(Cl)cc1Cl. The van der Waals surface area contributed by atoms with E-state index in [4.69, 9.17) is 46.4 Å². The molecule has 0 N–H and O–H groups in total. The summed E-state index contributed by atoms with van der Waals surface area (Å²) < 4.78 is 0.772. The summed E-state index contributed by atoms with van der Waals surface area (Å²) in [7, 11) is 0. The maximum Gasteiger partial charge on any atom is 0.197 e. The second kappa shape index (κ2) is 6.19. The third-order valence-corrected chi connectivity index (χ3v) is 4.40. The van der Waals surface area contributed by atoms with Crippen molar-refractivity contribution < 1.29 is 4.79 Å². The molecule has 2 rings (SSSR count). The molecule has 1 nitrogen and oxygen atoms in total. The lowest BCUT2D eigenvalue weighted by Crippen LogP contribution is -2.05. The highest BCUT2D eigenvalue weighted by Crippen LogP contribution is 2.32. The fraction of sp³-hybridized carbons (Fsp3) is 0. The van der Waals surface area contributed by atoms with Gasteiger partial charge in [-0.15, -0.1) is 0 Å². The maximum absolute atomic E-state index is 12.5. The Bertz CT molecular complexity index is 647. The first kappa shape index (κ1) is 15.4. The van der Waals surface area contributed by atoms with Crippen molar-refractivity contribution in [2.24, 2.45) is 0 Å². The van der Waals surface area contributed by atoms with E-state index < -0.39 is 0 Å². The van der Waals surface area contributed by atoms with Crippen molar-refractivity contribution in [1.82, 2.24) is 0 Å². The molecule has 0 saturated carbocycles. The summed E-state index contributed by atoms with van der Waals surface area (Å²) in [5, 5.41) is 1.30. The van der Waals surface area contributed by atoms with E-state index in [-0.39, 0.29) is 21.4 Å². The largest absolute Gasteiger partial charge is 0.288 e. The lowest BCUT2D eigenvalue weighted by molar-refractivity contribution is 0.103. The van der Waals surface area contributed by atoms with E-state index >= 15 is 0 Å². The Morgan fingerprint density at radius 2 is 1.47 bits per heavy atom. The summed E-state index contributed by atoms with van der Waals surface area (Å²) in [4.78, 5) is 12.5. The van der Waals surface area contributed by atoms with E-state index in [1.54, 1.807) is 18.2 Å². The quantitative estimate of drug-likeness (QED) is 0.401. The summed E-state index contributed by atoms with van der Waals surface area (Å²) in [6, 6.07) is 8.03. The molecule has 0 spiro atoms. The van der Waals surface area contributed by atoms with Crippen LogP contribution in [-0.2, 0) is 0 Å². The topological polar surface area (TPSA) is 17.1 Å². The highest BCUT2D eigenvalue weighted by molar-refractivity contribution is 14.1. The van der Waals surface area contributed by atoms with Gasteiger partial charge in [-0.1, -0.05) is 46.4 Å². The number of hydrogen-bond donors (Lipinski definition) is 0. The Morgan fingerprint density at radius 3 is 2.05 bits per heavy atom. The van der Waals surface area contributed by atoms with Gasteiger partial charge in [0.25, 0.3) is 0 Å². The van der Waals surface area contributed by atoms with Crippen LogP contribution in [0.5, 0.6) is 0 Å². The average Bonchev–Trinajstić information content (AvgIpc) is 2.30. The highest BCUT2D eigenvalue weighted by atomic mass is 127. The second-order valence-electron chi connectivity index (χ2n) is 3.70. The van der Waals surface area contributed by atoms with Crippen LogP contribution in [-0.4, -0.2) is 5.78 Å². The van der Waals surface area contributed by atoms with E-state index in [2.05, 4.69) is 22.6 Å². The lowest BCUT2D eigenvalue weighted by atomic mass is 10.0. The van der Waals surface area contributed by atoms with Crippen LogP contribution in [0.1, 0.15) is 15.9 Å². The molecule has 2 aromatic carbocycles. The molecule has 6 heteroatoms. The molecule has 0 heterocycles. The van der Waals surface area contributed by atoms with Crippen LogP contribution >= 0.6 is 69.0 Å². The third-order valence-electron chi connectivity index (χ3n) is 2.41. The predicted molar refractivity (Wildman–Crippen MR) is 89.1 cm³/mol. The molecule has 0 aliphatic rings. The van der Waals surface area contributed by atoms with Crippen LogP contribution in [0.15, 0.2) is 30.3 Å². The van der Waals surface area contributed by atoms with Crippen LogP contribution in [0.2, 0.25) is 20.1 Å². The monoisotopic (exact) mass is 444 g/mol. The summed E-state index contributed by atoms with van der Waals surface area (Å²) in [6.07, 6.45) is 0. The Labute approximate surface area is 143 Å². The molecular weight excluding hydrogens is 441 g/mol. The minimum absolute atomic E-state index is 0.221. The number of hydrogen-bond acceptors (Lipinski definition) is 1. The molecule has 98 valence electrons. The molecule has 0 saturated heterocycles. The normalized spacial score (nSPS) is 10.6. The van der Waals surface area contributed by atoms with Gasteiger partial charge >= 0.3 is 0 Å². The molecule has 2 aromatic rings. The third kappa shape index (κ3) is 3.37. The average molecular weight is 446 g/mol. The van der Waals surface area contributed by atoms with Gasteiger partial charge < -0.3 is 0 Å². The van der Waals surface area contributed by atoms with Crippen molar-refractivity contribution in [1.29, 1.82) is 0 Å². The zero-order valence-electron chi connectivity index (χ0n) is 9.18. The first-order valence-electron chi connectivity index (χ1n) is 5.04. The number of halogens is 5. The first-order chi connectivity index (χ1) is 8.90. The number of benzene rings is 2. The van der Waals surface area contributed by atoms with Gasteiger partial charge in [0.15, 0.2) is 5.78 Å². The molecule has 0 fully saturated rings. The molecule has 0 radical (unpaired) electrons. The van der Waals surface area contributed by atoms with Crippen LogP contribution in [0.3, 0.4) is 0 Å². The minimum Gasteiger partial charge on any atom is -0.288 e. The zero-order chi connectivity index (χ0) is 14.2. The Balaban J connectivity index is 2.59. The summed E-state index contributed by atoms with van der Waals surface area (Å²) in [5.41, 5.74) is 0.687. The van der Waals surface area contributed by atoms with E-state index in [1.165, 1.54) is 12.1 Å². The maximum atomic E-state index is 12.5. The summed E-state index contributed by atoms with van der Waals surface area (Å²) in [5.74, 6) is -0.279. The van der Waals surface area contributed by atoms with Crippen LogP contribution < -0.4 is 0 Å². The predicted octanol–water partition coefficient (Wildman–Crippen LogP) is 6.14. The van der Waals surface area contributed by atoms with Crippen molar-refractivity contribution in [2.45, 2.75) is 0 Å². The zero-order valence-corrected chi connectivity index (χ0v) is 14.4. The van der Waals surface area contributed by atoms with E-state index in [0.29, 0.717) is 15.6 Å². The van der Waals surface area contributed by atoms with Crippen LogP contribution in [0.4, 0.5) is 0 Å². The van der Waals surface area contributed by atoms with Gasteiger partial charge in [0.05, 0.1) is 15.6 Å². The second-order valence-corrected chi connectivity index (χ2v) is 6.55. The van der Waals surface area contributed by atoms with Gasteiger partial charge in [0, 0.05) is 19.2 Å². The number of ketones is 1. The Morgan fingerprint density at radius 1 is 0.895 bits per heavy atom. The molecule has 0 aliphatic carbocycles. The number of carbonyl (C=O) groups excluding carboxylic acids is 1. The van der Waals surface area contributed by atoms with Crippen LogP contribution in [0, 0.1) is 3.57 Å². The van der Waals surface area contributed by atoms with Gasteiger partial charge in [-0.3, -0.25) is 4.79 Å². The van der Waals surface area contributed by atoms with Crippen molar-refractivity contribution >= 4 is 74.8 Å². The van der Waals surface area contributed by atoms with E-state index in [0.717, 1.165) is 3.57 Å². The van der Waals surface area contributed by atoms with Crippen molar-refractivity contribution in [3.05, 3.63) is 65.1 Å². The molecule has 0 atom stereocenters. The van der Waals surface area contributed by atoms with Gasteiger partial charge in [-0.05, 0) is 52.9 Å². The Kier molecular flexibility index (Phi) is 5.01. The van der Waals surface area contributed by atoms with Crippen molar-refractivity contribution in [3.63, 3.8) is 0 Å². The Hall–Kier alpha value is -0.000000000000000167. The molecule has 0 aromatic heterocycles. The molecule has 0 bridgehead atoms. The standard InChI is InChI=1S/C13H5Cl4IO/c14-6-1-2-11(18)8(3-6)13(19)12-9(16)4-7(15)5-10(12)17/h1-5H. The van der Waals surface area contributed by atoms with Gasteiger partial charge in [0.2, 0.25) is 0 Å². The molecule has 0 aliphatic heterocycles. The van der Waals surface area contributed by atoms with Gasteiger partial charge in [-0.25, -0.2) is 0 Å². The smallest absolute Gasteiger partial charge is 0.197 e. The molecule has 0 amide bonds. The highest BCUT2D eigenvalue weighted by Gasteiger charge is 2.20. The van der Waals surface area contributed by atoms with Crippen molar-refractivity contribution in [2.75, 3.05) is 0 Å².